The van der Waals surface area contributed by atoms with Gasteiger partial charge in [-0.25, -0.2) is 0 Å². The third kappa shape index (κ3) is 5.82. The van der Waals surface area contributed by atoms with Gasteiger partial charge in [0, 0.05) is 29.3 Å². The van der Waals surface area contributed by atoms with E-state index in [4.69, 9.17) is 19.2 Å². The lowest BCUT2D eigenvalue weighted by atomic mass is 9.69. The number of alkyl halides is 3. The molecule has 42 heavy (non-hydrogen) atoms. The number of ketones is 1. The lowest BCUT2D eigenvalue weighted by Crippen LogP contribution is -2.38. The molecule has 218 valence electrons. The van der Waals surface area contributed by atoms with Crippen molar-refractivity contribution < 1.29 is 37.0 Å². The minimum absolute atomic E-state index is 0.0183. The maximum Gasteiger partial charge on any atom is 0.416 e. The zero-order chi connectivity index (χ0) is 30.0. The van der Waals surface area contributed by atoms with Gasteiger partial charge in [-0.15, -0.1) is 0 Å². The molecule has 0 N–H and O–H groups in total. The van der Waals surface area contributed by atoms with E-state index in [1.54, 1.807) is 20.1 Å². The number of hydrogen-bond donors (Lipinski definition) is 0. The van der Waals surface area contributed by atoms with Crippen molar-refractivity contribution in [3.8, 4) is 11.5 Å². The van der Waals surface area contributed by atoms with E-state index in [1.807, 2.05) is 42.5 Å². The van der Waals surface area contributed by atoms with Gasteiger partial charge in [-0.1, -0.05) is 48.5 Å². The molecule has 3 aromatic rings. The van der Waals surface area contributed by atoms with Crippen molar-refractivity contribution >= 4 is 17.5 Å². The van der Waals surface area contributed by atoms with Crippen molar-refractivity contribution in [3.63, 3.8) is 0 Å². The van der Waals surface area contributed by atoms with Crippen molar-refractivity contribution in [2.45, 2.75) is 44.4 Å². The number of Topliss-reactive ketones (excluding diaryl/α,β-unsaturated/α-hetero) is 1. The maximum absolute atomic E-state index is 13.8. The summed E-state index contributed by atoms with van der Waals surface area (Å²) in [6, 6.07) is 19.3. The Balaban J connectivity index is 1.52. The molecule has 1 aliphatic carbocycles. The maximum atomic E-state index is 13.8. The van der Waals surface area contributed by atoms with E-state index >= 15 is 0 Å². The van der Waals surface area contributed by atoms with Crippen molar-refractivity contribution in [2.24, 2.45) is 10.9 Å². The minimum atomic E-state index is -4.52. The number of allylic oxidation sites excluding steroid dienone is 2. The van der Waals surface area contributed by atoms with Crippen molar-refractivity contribution in [2.75, 3.05) is 14.2 Å². The van der Waals surface area contributed by atoms with Gasteiger partial charge >= 0.3 is 12.1 Å². The Morgan fingerprint density at radius 1 is 0.905 bits per heavy atom. The first-order valence-electron chi connectivity index (χ1n) is 13.5. The fraction of sp³-hybridized carbons (Fsp3) is 0.303. The molecule has 6 nitrogen and oxygen atoms in total. The highest BCUT2D eigenvalue weighted by Gasteiger charge is 2.45. The van der Waals surface area contributed by atoms with Crippen LogP contribution in [-0.2, 0) is 27.1 Å². The van der Waals surface area contributed by atoms with Crippen LogP contribution in [0.15, 0.2) is 89.1 Å². The molecule has 1 heterocycles. The van der Waals surface area contributed by atoms with Crippen LogP contribution in [0.1, 0.15) is 53.9 Å². The highest BCUT2D eigenvalue weighted by molar-refractivity contribution is 6.09. The van der Waals surface area contributed by atoms with Crippen LogP contribution in [-0.4, -0.2) is 31.7 Å². The lowest BCUT2D eigenvalue weighted by molar-refractivity contribution is -0.148. The van der Waals surface area contributed by atoms with Gasteiger partial charge in [0.2, 0.25) is 0 Å². The van der Waals surface area contributed by atoms with Crippen LogP contribution in [0.5, 0.6) is 11.5 Å². The molecule has 0 radical (unpaired) electrons. The number of rotatable bonds is 7. The molecular formula is C33H30F3NO5. The number of aliphatic imine (C=N–C) groups is 1. The molecule has 3 aromatic carbocycles. The Hall–Kier alpha value is -4.40. The van der Waals surface area contributed by atoms with Crippen LogP contribution in [0, 0.1) is 5.92 Å². The quantitative estimate of drug-likeness (QED) is 0.282. The van der Waals surface area contributed by atoms with E-state index in [2.05, 4.69) is 0 Å². The summed E-state index contributed by atoms with van der Waals surface area (Å²) in [5, 5.41) is 0. The molecule has 3 atom stereocenters. The molecule has 0 saturated heterocycles. The van der Waals surface area contributed by atoms with Gasteiger partial charge in [0.25, 0.3) is 0 Å². The number of hydrogen-bond acceptors (Lipinski definition) is 6. The van der Waals surface area contributed by atoms with E-state index < -0.39 is 29.5 Å². The Labute approximate surface area is 241 Å². The van der Waals surface area contributed by atoms with E-state index in [0.717, 1.165) is 23.3 Å². The molecule has 5 rings (SSSR count). The highest BCUT2D eigenvalue weighted by atomic mass is 19.4. The van der Waals surface area contributed by atoms with Crippen molar-refractivity contribution in [3.05, 3.63) is 106 Å². The van der Waals surface area contributed by atoms with Gasteiger partial charge in [-0.2, -0.15) is 13.2 Å². The average molecular weight is 578 g/mol. The molecule has 0 aromatic heterocycles. The first-order valence-corrected chi connectivity index (χ1v) is 13.5. The van der Waals surface area contributed by atoms with Gasteiger partial charge in [0.15, 0.2) is 17.3 Å². The van der Waals surface area contributed by atoms with Crippen LogP contribution < -0.4 is 9.47 Å². The van der Waals surface area contributed by atoms with Gasteiger partial charge in [0.1, 0.15) is 12.5 Å². The van der Waals surface area contributed by atoms with E-state index in [0.29, 0.717) is 40.5 Å². The standard InChI is InChI=1S/C33H30F3NO5/c1-19-29(32(39)42-18-20-7-5-4-6-8-20)30(21-9-12-24(13-10-21)33(34,35)36)31-25(37-19)15-23(16-26(31)38)22-11-14-27(40-2)28(17-22)41-3/h4-14,17,23,29-30H,15-16,18H2,1-3H3/t23-,29?,30-/m1/s1. The number of carbonyl (C=O) groups excluding carboxylic acids is 2. The minimum Gasteiger partial charge on any atom is -0.493 e. The zero-order valence-electron chi connectivity index (χ0n) is 23.4. The SMILES string of the molecule is COc1ccc([C@H]2CC(=O)C3=C(C2)N=C(C)C(C(=O)OCc2ccccc2)[C@H]3c2ccc(C(F)(F)F)cc2)cc1OC. The second-order valence-electron chi connectivity index (χ2n) is 10.4. The van der Waals surface area contributed by atoms with Crippen LogP contribution in [0.4, 0.5) is 13.2 Å². The largest absolute Gasteiger partial charge is 0.493 e. The lowest BCUT2D eigenvalue weighted by Gasteiger charge is -2.36. The second-order valence-corrected chi connectivity index (χ2v) is 10.4. The van der Waals surface area contributed by atoms with Crippen molar-refractivity contribution in [1.82, 2.24) is 0 Å². The fourth-order valence-corrected chi connectivity index (χ4v) is 5.77. The molecule has 0 spiro atoms. The van der Waals surface area contributed by atoms with Gasteiger partial charge in [-0.3, -0.25) is 14.6 Å². The molecule has 1 aliphatic heterocycles. The van der Waals surface area contributed by atoms with E-state index in [-0.39, 0.29) is 24.7 Å². The molecular weight excluding hydrogens is 547 g/mol. The summed E-state index contributed by atoms with van der Waals surface area (Å²) in [4.78, 5) is 32.1. The summed E-state index contributed by atoms with van der Waals surface area (Å²) in [6.45, 7) is 1.71. The molecule has 2 aliphatic rings. The predicted octanol–water partition coefficient (Wildman–Crippen LogP) is 7.04. The monoisotopic (exact) mass is 577 g/mol. The number of esters is 1. The predicted molar refractivity (Wildman–Crippen MR) is 151 cm³/mol. The van der Waals surface area contributed by atoms with Crippen LogP contribution in [0.2, 0.25) is 0 Å². The summed E-state index contributed by atoms with van der Waals surface area (Å²) >= 11 is 0. The Bertz CT molecular complexity index is 1540. The molecule has 0 bridgehead atoms. The summed E-state index contributed by atoms with van der Waals surface area (Å²) in [5.41, 5.74) is 2.58. The number of carbonyl (C=O) groups is 2. The number of methoxy groups -OCH3 is 2. The normalized spacial score (nSPS) is 20.5. The van der Waals surface area contributed by atoms with Crippen LogP contribution in [0.25, 0.3) is 0 Å². The number of nitrogens with zero attached hydrogens (tertiary/aromatic N) is 1. The Morgan fingerprint density at radius 2 is 1.57 bits per heavy atom. The summed E-state index contributed by atoms with van der Waals surface area (Å²) in [6.07, 6.45) is -3.96. The molecule has 0 saturated carbocycles. The molecule has 1 unspecified atom stereocenters. The summed E-state index contributed by atoms with van der Waals surface area (Å²) in [5.74, 6) is -1.71. The van der Waals surface area contributed by atoms with Gasteiger partial charge < -0.3 is 14.2 Å². The average Bonchev–Trinajstić information content (AvgIpc) is 2.98. The third-order valence-corrected chi connectivity index (χ3v) is 7.84. The molecule has 0 amide bonds. The Kier molecular flexibility index (Phi) is 8.20. The fourth-order valence-electron chi connectivity index (χ4n) is 5.77. The first kappa shape index (κ1) is 29.1. The van der Waals surface area contributed by atoms with Gasteiger partial charge in [0.05, 0.1) is 19.8 Å². The number of benzene rings is 3. The molecule has 0 fully saturated rings. The third-order valence-electron chi connectivity index (χ3n) is 7.84. The number of halogens is 3. The first-order chi connectivity index (χ1) is 20.1. The highest BCUT2D eigenvalue weighted by Crippen LogP contribution is 2.48. The molecule has 9 heteroatoms. The summed E-state index contributed by atoms with van der Waals surface area (Å²) < 4.78 is 56.5. The second kappa shape index (κ2) is 11.8. The zero-order valence-corrected chi connectivity index (χ0v) is 23.4. The van der Waals surface area contributed by atoms with Gasteiger partial charge in [-0.05, 0) is 60.2 Å². The topological polar surface area (TPSA) is 74.2 Å². The summed E-state index contributed by atoms with van der Waals surface area (Å²) in [7, 11) is 3.08. The van der Waals surface area contributed by atoms with Crippen LogP contribution in [0.3, 0.4) is 0 Å². The van der Waals surface area contributed by atoms with E-state index in [1.165, 1.54) is 19.2 Å². The van der Waals surface area contributed by atoms with Crippen LogP contribution >= 0.6 is 0 Å². The Morgan fingerprint density at radius 3 is 2.21 bits per heavy atom. The van der Waals surface area contributed by atoms with Crippen molar-refractivity contribution in [1.29, 1.82) is 0 Å². The number of ether oxygens (including phenoxy) is 3. The van der Waals surface area contributed by atoms with E-state index in [9.17, 15) is 22.8 Å². The smallest absolute Gasteiger partial charge is 0.416 e.